The molecule has 2 aromatic heterocycles. The van der Waals surface area contributed by atoms with Crippen molar-refractivity contribution in [2.45, 2.75) is 20.0 Å². The molecule has 0 fully saturated rings. The van der Waals surface area contributed by atoms with E-state index in [1.54, 1.807) is 55.5 Å². The SMILES string of the molecule is CCn1c(=O)c(=O)[nH]c2cc(C(=O)N(CCOC)Cc3ccco3)ccc21. The van der Waals surface area contributed by atoms with Gasteiger partial charge in [0.15, 0.2) is 0 Å². The summed E-state index contributed by atoms with van der Waals surface area (Å²) >= 11 is 0. The van der Waals surface area contributed by atoms with Gasteiger partial charge in [-0.15, -0.1) is 0 Å². The molecule has 0 saturated heterocycles. The molecular formula is C19H21N3O5. The van der Waals surface area contributed by atoms with Crippen molar-refractivity contribution in [3.63, 3.8) is 0 Å². The monoisotopic (exact) mass is 371 g/mol. The van der Waals surface area contributed by atoms with E-state index in [-0.39, 0.29) is 5.91 Å². The number of carbonyl (C=O) groups is 1. The van der Waals surface area contributed by atoms with Gasteiger partial charge in [0.05, 0.1) is 30.4 Å². The number of benzene rings is 1. The number of methoxy groups -OCH3 is 1. The average molecular weight is 371 g/mol. The molecule has 8 heteroatoms. The number of nitrogens with zero attached hydrogens (tertiary/aromatic N) is 2. The van der Waals surface area contributed by atoms with Gasteiger partial charge in [-0.3, -0.25) is 14.4 Å². The standard InChI is InChI=1S/C19H21N3O5/c1-3-22-16-7-6-13(11-15(16)20-17(23)19(22)25)18(24)21(8-10-26-2)12-14-5-4-9-27-14/h4-7,9,11H,3,8,10,12H2,1-2H3,(H,20,23). The second-order valence-electron chi connectivity index (χ2n) is 6.03. The number of rotatable bonds is 7. The zero-order valence-electron chi connectivity index (χ0n) is 15.2. The first-order valence-corrected chi connectivity index (χ1v) is 8.62. The molecule has 27 heavy (non-hydrogen) atoms. The molecule has 0 spiro atoms. The Bertz CT molecular complexity index is 1050. The first-order valence-electron chi connectivity index (χ1n) is 8.62. The maximum atomic E-state index is 13.0. The second-order valence-corrected chi connectivity index (χ2v) is 6.03. The van der Waals surface area contributed by atoms with Crippen LogP contribution >= 0.6 is 0 Å². The first-order chi connectivity index (χ1) is 13.0. The van der Waals surface area contributed by atoms with E-state index >= 15 is 0 Å². The third-order valence-electron chi connectivity index (χ3n) is 4.32. The Hall–Kier alpha value is -3.13. The van der Waals surface area contributed by atoms with E-state index < -0.39 is 11.1 Å². The zero-order chi connectivity index (χ0) is 19.4. The molecule has 3 aromatic rings. The summed E-state index contributed by atoms with van der Waals surface area (Å²) in [5.41, 5.74) is 0.108. The predicted molar refractivity (Wildman–Crippen MR) is 99.8 cm³/mol. The van der Waals surface area contributed by atoms with Gasteiger partial charge in [-0.25, -0.2) is 0 Å². The molecule has 1 aromatic carbocycles. The van der Waals surface area contributed by atoms with Crippen molar-refractivity contribution in [1.29, 1.82) is 0 Å². The highest BCUT2D eigenvalue weighted by atomic mass is 16.5. The van der Waals surface area contributed by atoms with Crippen molar-refractivity contribution in [2.75, 3.05) is 20.3 Å². The zero-order valence-corrected chi connectivity index (χ0v) is 15.2. The highest BCUT2D eigenvalue weighted by Gasteiger charge is 2.18. The molecule has 142 valence electrons. The summed E-state index contributed by atoms with van der Waals surface area (Å²) in [5, 5.41) is 0. The molecule has 2 heterocycles. The van der Waals surface area contributed by atoms with Gasteiger partial charge in [0.2, 0.25) is 0 Å². The van der Waals surface area contributed by atoms with Crippen LogP contribution in [0.3, 0.4) is 0 Å². The fraction of sp³-hybridized carbons (Fsp3) is 0.316. The van der Waals surface area contributed by atoms with Gasteiger partial charge in [-0.2, -0.15) is 0 Å². The molecule has 3 rings (SSSR count). The number of hydrogen-bond donors (Lipinski definition) is 1. The highest BCUT2D eigenvalue weighted by molar-refractivity contribution is 5.97. The van der Waals surface area contributed by atoms with E-state index in [9.17, 15) is 14.4 Å². The van der Waals surface area contributed by atoms with Gasteiger partial charge in [-0.05, 0) is 37.3 Å². The molecule has 1 amide bonds. The number of fused-ring (bicyclic) bond motifs is 1. The van der Waals surface area contributed by atoms with Crippen molar-refractivity contribution in [3.8, 4) is 0 Å². The van der Waals surface area contributed by atoms with E-state index in [1.807, 2.05) is 0 Å². The third kappa shape index (κ3) is 3.85. The number of aromatic amines is 1. The van der Waals surface area contributed by atoms with Crippen LogP contribution in [0, 0.1) is 0 Å². The lowest BCUT2D eigenvalue weighted by atomic mass is 10.1. The number of amides is 1. The molecule has 8 nitrogen and oxygen atoms in total. The predicted octanol–water partition coefficient (Wildman–Crippen LogP) is 1.59. The van der Waals surface area contributed by atoms with Crippen LogP contribution in [0.1, 0.15) is 23.0 Å². The Kier molecular flexibility index (Phi) is 5.56. The number of nitrogens with one attached hydrogen (secondary N) is 1. The number of furan rings is 1. The summed E-state index contributed by atoms with van der Waals surface area (Å²) in [6, 6.07) is 8.47. The van der Waals surface area contributed by atoms with Gasteiger partial charge < -0.3 is 23.6 Å². The van der Waals surface area contributed by atoms with E-state index in [0.717, 1.165) is 0 Å². The molecule has 0 unspecified atom stereocenters. The van der Waals surface area contributed by atoms with Crippen LogP contribution in [0.15, 0.2) is 50.6 Å². The molecule has 0 atom stereocenters. The molecule has 0 aliphatic heterocycles. The topological polar surface area (TPSA) is 97.5 Å². The van der Waals surface area contributed by atoms with E-state index in [4.69, 9.17) is 9.15 Å². The molecule has 0 bridgehead atoms. The van der Waals surface area contributed by atoms with Crippen molar-refractivity contribution < 1.29 is 13.9 Å². The molecule has 0 aliphatic rings. The molecule has 0 saturated carbocycles. The van der Waals surface area contributed by atoms with Gasteiger partial charge in [-0.1, -0.05) is 0 Å². The van der Waals surface area contributed by atoms with Crippen molar-refractivity contribution in [3.05, 3.63) is 68.6 Å². The smallest absolute Gasteiger partial charge is 0.316 e. The minimum absolute atomic E-state index is 0.222. The van der Waals surface area contributed by atoms with Crippen LogP contribution in [0.2, 0.25) is 0 Å². The summed E-state index contributed by atoms with van der Waals surface area (Å²) in [5.74, 6) is 0.439. The van der Waals surface area contributed by atoms with Crippen LogP contribution in [0.4, 0.5) is 0 Å². The Morgan fingerprint density at radius 2 is 2.11 bits per heavy atom. The molecule has 0 aliphatic carbocycles. The quantitative estimate of drug-likeness (QED) is 0.636. The number of H-pyrrole nitrogens is 1. The molecule has 0 radical (unpaired) electrons. The Balaban J connectivity index is 1.98. The minimum Gasteiger partial charge on any atom is -0.467 e. The van der Waals surface area contributed by atoms with E-state index in [2.05, 4.69) is 4.98 Å². The fourth-order valence-electron chi connectivity index (χ4n) is 2.95. The van der Waals surface area contributed by atoms with Gasteiger partial charge >= 0.3 is 11.1 Å². The number of ether oxygens (including phenoxy) is 1. The number of aromatic nitrogens is 2. The van der Waals surface area contributed by atoms with Crippen molar-refractivity contribution in [1.82, 2.24) is 14.5 Å². The first kappa shape index (κ1) is 18.7. The summed E-state index contributed by atoms with van der Waals surface area (Å²) in [6.07, 6.45) is 1.55. The normalized spacial score (nSPS) is 11.0. The summed E-state index contributed by atoms with van der Waals surface area (Å²) in [7, 11) is 1.57. The van der Waals surface area contributed by atoms with Gasteiger partial charge in [0.1, 0.15) is 5.76 Å². The number of carbonyl (C=O) groups excluding carboxylic acids is 1. The lowest BCUT2D eigenvalue weighted by Crippen LogP contribution is -2.36. The summed E-state index contributed by atoms with van der Waals surface area (Å²) in [6.45, 7) is 3.23. The number of hydrogen-bond acceptors (Lipinski definition) is 5. The highest BCUT2D eigenvalue weighted by Crippen LogP contribution is 2.15. The van der Waals surface area contributed by atoms with Crippen LogP contribution < -0.4 is 11.1 Å². The van der Waals surface area contributed by atoms with Crippen LogP contribution in [-0.2, 0) is 17.8 Å². The maximum absolute atomic E-state index is 13.0. The van der Waals surface area contributed by atoms with Crippen molar-refractivity contribution in [2.24, 2.45) is 0 Å². The van der Waals surface area contributed by atoms with Gasteiger partial charge in [0, 0.05) is 25.8 Å². The Morgan fingerprint density at radius 3 is 2.78 bits per heavy atom. The van der Waals surface area contributed by atoms with Crippen LogP contribution in [0.25, 0.3) is 11.0 Å². The summed E-state index contributed by atoms with van der Waals surface area (Å²) in [4.78, 5) is 41.0. The second kappa shape index (κ2) is 8.05. The molecule has 1 N–H and O–H groups in total. The third-order valence-corrected chi connectivity index (χ3v) is 4.32. The molecular weight excluding hydrogens is 350 g/mol. The lowest BCUT2D eigenvalue weighted by molar-refractivity contribution is 0.0666. The number of aryl methyl sites for hydroxylation is 1. The van der Waals surface area contributed by atoms with Crippen molar-refractivity contribution >= 4 is 16.9 Å². The van der Waals surface area contributed by atoms with E-state index in [0.29, 0.717) is 48.6 Å². The van der Waals surface area contributed by atoms with E-state index in [1.165, 1.54) is 4.57 Å². The largest absolute Gasteiger partial charge is 0.467 e. The Morgan fingerprint density at radius 1 is 1.30 bits per heavy atom. The minimum atomic E-state index is -0.708. The lowest BCUT2D eigenvalue weighted by Gasteiger charge is -2.21. The van der Waals surface area contributed by atoms with Crippen LogP contribution in [-0.4, -0.2) is 40.6 Å². The summed E-state index contributed by atoms with van der Waals surface area (Å²) < 4.78 is 11.8. The average Bonchev–Trinajstić information content (AvgIpc) is 3.18. The fourth-order valence-corrected chi connectivity index (χ4v) is 2.95. The van der Waals surface area contributed by atoms with Crippen LogP contribution in [0.5, 0.6) is 0 Å². The Labute approximate surface area is 155 Å². The maximum Gasteiger partial charge on any atom is 0.316 e. The van der Waals surface area contributed by atoms with Gasteiger partial charge in [0.25, 0.3) is 5.91 Å².